The standard InChI is InChI=1S/C34H31BrClIN2O6S/c1-6-43-33(41)29-19(4)38-34-39(30(29)22-9-12-26(45-18(2)3)27(16-22)42-5)32(40)28(46-34)15-21-13-24(35)31(25(37)14-21)44-17-20-7-10-23(36)11-8-20/h7-16,18,30H,6,17H2,1-5H3/b28-15-/t30-/m1/s1. The zero-order valence-corrected chi connectivity index (χ0v) is 31.0. The fraction of sp³-hybridized carbons (Fsp3) is 0.265. The molecule has 4 aromatic rings. The average molecular weight is 838 g/mol. The summed E-state index contributed by atoms with van der Waals surface area (Å²) in [7, 11) is 1.55. The lowest BCUT2D eigenvalue weighted by molar-refractivity contribution is -0.139. The van der Waals surface area contributed by atoms with Gasteiger partial charge in [0.25, 0.3) is 5.56 Å². The SMILES string of the molecule is CCOC(=O)C1=C(C)N=c2s/c(=C\c3cc(Br)c(OCc4ccc(Cl)cc4)c(I)c3)c(=O)n2[C@@H]1c1ccc(OC(C)C)c(OC)c1. The Labute approximate surface area is 297 Å². The molecule has 0 aliphatic carbocycles. The molecule has 1 aliphatic rings. The highest BCUT2D eigenvalue weighted by Gasteiger charge is 2.34. The number of ether oxygens (including phenoxy) is 4. The zero-order valence-electron chi connectivity index (χ0n) is 25.7. The number of aromatic nitrogens is 1. The largest absolute Gasteiger partial charge is 0.493 e. The average Bonchev–Trinajstić information content (AvgIpc) is 3.30. The van der Waals surface area contributed by atoms with Crippen LogP contribution in [0.25, 0.3) is 6.08 Å². The highest BCUT2D eigenvalue weighted by atomic mass is 127. The predicted molar refractivity (Wildman–Crippen MR) is 192 cm³/mol. The number of hydrogen-bond donors (Lipinski definition) is 0. The van der Waals surface area contributed by atoms with Gasteiger partial charge < -0.3 is 18.9 Å². The van der Waals surface area contributed by atoms with Crippen molar-refractivity contribution in [3.05, 3.63) is 115 Å². The van der Waals surface area contributed by atoms with Crippen LogP contribution < -0.4 is 29.1 Å². The van der Waals surface area contributed by atoms with E-state index in [4.69, 9.17) is 30.5 Å². The molecule has 12 heteroatoms. The molecule has 240 valence electrons. The normalized spacial score (nSPS) is 14.6. The van der Waals surface area contributed by atoms with Crippen LogP contribution in [0.3, 0.4) is 0 Å². The Morgan fingerprint density at radius 3 is 2.54 bits per heavy atom. The van der Waals surface area contributed by atoms with Crippen molar-refractivity contribution in [3.8, 4) is 17.2 Å². The van der Waals surface area contributed by atoms with Crippen LogP contribution in [0.5, 0.6) is 17.2 Å². The molecule has 5 rings (SSSR count). The van der Waals surface area contributed by atoms with E-state index in [9.17, 15) is 9.59 Å². The topological polar surface area (TPSA) is 88.4 Å². The second-order valence-electron chi connectivity index (χ2n) is 10.6. The maximum Gasteiger partial charge on any atom is 0.338 e. The van der Waals surface area contributed by atoms with Crippen LogP contribution in [0.2, 0.25) is 5.02 Å². The predicted octanol–water partition coefficient (Wildman–Crippen LogP) is 7.19. The summed E-state index contributed by atoms with van der Waals surface area (Å²) < 4.78 is 26.7. The number of rotatable bonds is 10. The zero-order chi connectivity index (χ0) is 33.1. The van der Waals surface area contributed by atoms with Gasteiger partial charge in [0, 0.05) is 5.02 Å². The summed E-state index contributed by atoms with van der Waals surface area (Å²) in [6, 6.07) is 16.0. The highest BCUT2D eigenvalue weighted by molar-refractivity contribution is 14.1. The molecule has 0 saturated heterocycles. The van der Waals surface area contributed by atoms with Crippen molar-refractivity contribution in [1.29, 1.82) is 0 Å². The summed E-state index contributed by atoms with van der Waals surface area (Å²) in [4.78, 5) is 32.6. The van der Waals surface area contributed by atoms with Gasteiger partial charge in [-0.25, -0.2) is 9.79 Å². The first kappa shape index (κ1) is 34.2. The van der Waals surface area contributed by atoms with Gasteiger partial charge in [0.05, 0.1) is 49.7 Å². The van der Waals surface area contributed by atoms with Crippen molar-refractivity contribution in [2.75, 3.05) is 13.7 Å². The number of carbonyl (C=O) groups excluding carboxylic acids is 1. The van der Waals surface area contributed by atoms with E-state index >= 15 is 0 Å². The minimum Gasteiger partial charge on any atom is -0.493 e. The first-order valence-corrected chi connectivity index (χ1v) is 17.5. The first-order valence-electron chi connectivity index (χ1n) is 14.4. The summed E-state index contributed by atoms with van der Waals surface area (Å²) in [5.41, 5.74) is 2.95. The summed E-state index contributed by atoms with van der Waals surface area (Å²) in [5, 5.41) is 0.668. The lowest BCUT2D eigenvalue weighted by atomic mass is 9.95. The van der Waals surface area contributed by atoms with Gasteiger partial charge >= 0.3 is 5.97 Å². The van der Waals surface area contributed by atoms with Crippen LogP contribution in [0.15, 0.2) is 80.1 Å². The number of hydrogen-bond acceptors (Lipinski definition) is 8. The van der Waals surface area contributed by atoms with Crippen LogP contribution in [0.1, 0.15) is 50.4 Å². The second kappa shape index (κ2) is 14.7. The Hall–Kier alpha value is -3.13. The Morgan fingerprint density at radius 2 is 1.89 bits per heavy atom. The Bertz CT molecular complexity index is 1980. The van der Waals surface area contributed by atoms with Gasteiger partial charge in [-0.15, -0.1) is 0 Å². The number of methoxy groups -OCH3 is 1. The summed E-state index contributed by atoms with van der Waals surface area (Å²) >= 11 is 13.1. The number of benzene rings is 3. The lowest BCUT2D eigenvalue weighted by Crippen LogP contribution is -2.40. The molecule has 1 aliphatic heterocycles. The fourth-order valence-corrected chi connectivity index (χ4v) is 7.94. The number of nitrogens with zero attached hydrogens (tertiary/aromatic N) is 2. The van der Waals surface area contributed by atoms with Crippen molar-refractivity contribution in [2.45, 2.75) is 46.4 Å². The van der Waals surface area contributed by atoms with Crippen molar-refractivity contribution in [2.24, 2.45) is 4.99 Å². The fourth-order valence-electron chi connectivity index (χ4n) is 5.00. The number of esters is 1. The Balaban J connectivity index is 1.57. The molecule has 0 bridgehead atoms. The number of thiazole rings is 1. The molecule has 1 aromatic heterocycles. The van der Waals surface area contributed by atoms with Crippen molar-refractivity contribution < 1.29 is 23.7 Å². The van der Waals surface area contributed by atoms with Gasteiger partial charge in [0.1, 0.15) is 12.4 Å². The quantitative estimate of drug-likeness (QED) is 0.124. The summed E-state index contributed by atoms with van der Waals surface area (Å²) in [6.45, 7) is 7.92. The number of carbonyl (C=O) groups is 1. The number of allylic oxidation sites excluding steroid dienone is 1. The van der Waals surface area contributed by atoms with E-state index in [1.54, 1.807) is 37.7 Å². The number of fused-ring (bicyclic) bond motifs is 1. The van der Waals surface area contributed by atoms with Crippen LogP contribution >= 0.6 is 61.5 Å². The molecule has 8 nitrogen and oxygen atoms in total. The molecule has 2 heterocycles. The molecular weight excluding hydrogens is 807 g/mol. The van der Waals surface area contributed by atoms with E-state index in [1.807, 2.05) is 62.4 Å². The van der Waals surface area contributed by atoms with E-state index < -0.39 is 12.0 Å². The maximum absolute atomic E-state index is 14.1. The van der Waals surface area contributed by atoms with E-state index in [-0.39, 0.29) is 18.3 Å². The molecule has 0 N–H and O–H groups in total. The highest BCUT2D eigenvalue weighted by Crippen LogP contribution is 2.37. The molecule has 0 unspecified atom stereocenters. The van der Waals surface area contributed by atoms with E-state index in [1.165, 1.54) is 11.3 Å². The lowest BCUT2D eigenvalue weighted by Gasteiger charge is -2.25. The molecule has 0 fully saturated rings. The minimum absolute atomic E-state index is 0.0677. The van der Waals surface area contributed by atoms with Crippen molar-refractivity contribution in [3.63, 3.8) is 0 Å². The number of halogens is 3. The third-order valence-corrected chi connectivity index (χ3v) is 9.62. The molecule has 46 heavy (non-hydrogen) atoms. The molecule has 3 aromatic carbocycles. The van der Waals surface area contributed by atoms with Crippen LogP contribution in [0, 0.1) is 3.57 Å². The van der Waals surface area contributed by atoms with Gasteiger partial charge in [0.15, 0.2) is 16.3 Å². The van der Waals surface area contributed by atoms with Crippen LogP contribution in [0.4, 0.5) is 0 Å². The molecular formula is C34H31BrClIN2O6S. The molecule has 0 amide bonds. The minimum atomic E-state index is -0.782. The molecule has 1 atom stereocenters. The van der Waals surface area contributed by atoms with Crippen molar-refractivity contribution in [1.82, 2.24) is 4.57 Å². The van der Waals surface area contributed by atoms with Crippen LogP contribution in [-0.2, 0) is 16.1 Å². The molecule has 0 spiro atoms. The smallest absolute Gasteiger partial charge is 0.338 e. The van der Waals surface area contributed by atoms with Crippen LogP contribution in [-0.4, -0.2) is 30.4 Å². The summed E-state index contributed by atoms with van der Waals surface area (Å²) in [5.74, 6) is 1.22. The van der Waals surface area contributed by atoms with Crippen molar-refractivity contribution >= 4 is 73.5 Å². The molecule has 0 radical (unpaired) electrons. The van der Waals surface area contributed by atoms with Gasteiger partial charge in [-0.2, -0.15) is 0 Å². The first-order chi connectivity index (χ1) is 22.0. The second-order valence-corrected chi connectivity index (χ2v) is 14.1. The Morgan fingerprint density at radius 1 is 1.15 bits per heavy atom. The van der Waals surface area contributed by atoms with E-state index in [0.29, 0.717) is 55.0 Å². The summed E-state index contributed by atoms with van der Waals surface area (Å²) in [6.07, 6.45) is 1.75. The Kier molecular flexibility index (Phi) is 11.0. The third kappa shape index (κ3) is 7.37. The van der Waals surface area contributed by atoms with E-state index in [0.717, 1.165) is 19.2 Å². The van der Waals surface area contributed by atoms with Gasteiger partial charge in [-0.05, 0) is 125 Å². The maximum atomic E-state index is 14.1. The monoisotopic (exact) mass is 836 g/mol. The van der Waals surface area contributed by atoms with Gasteiger partial charge in [0.2, 0.25) is 0 Å². The van der Waals surface area contributed by atoms with Gasteiger partial charge in [-0.1, -0.05) is 41.1 Å². The molecule has 0 saturated carbocycles. The van der Waals surface area contributed by atoms with Gasteiger partial charge in [-0.3, -0.25) is 9.36 Å². The third-order valence-electron chi connectivity index (χ3n) is 7.00. The van der Waals surface area contributed by atoms with E-state index in [2.05, 4.69) is 43.5 Å².